The summed E-state index contributed by atoms with van der Waals surface area (Å²) in [5, 5.41) is 14.7. The van der Waals surface area contributed by atoms with Crippen LogP contribution in [0.3, 0.4) is 0 Å². The molecule has 1 atom stereocenters. The van der Waals surface area contributed by atoms with Gasteiger partial charge in [0.05, 0.1) is 6.20 Å². The van der Waals surface area contributed by atoms with E-state index < -0.39 is 12.0 Å². The second-order valence-electron chi connectivity index (χ2n) is 3.14. The quantitative estimate of drug-likeness (QED) is 0.757. The molecule has 1 aromatic rings. The molecule has 1 rings (SSSR count). The third-order valence-electron chi connectivity index (χ3n) is 1.71. The summed E-state index contributed by atoms with van der Waals surface area (Å²) in [4.78, 5) is 21.5. The zero-order chi connectivity index (χ0) is 12.0. The third-order valence-corrected chi connectivity index (χ3v) is 2.82. The van der Waals surface area contributed by atoms with Crippen LogP contribution in [0.15, 0.2) is 17.0 Å². The molecule has 0 aliphatic rings. The summed E-state index contributed by atoms with van der Waals surface area (Å²) in [5.41, 5.74) is 0.886. The van der Waals surface area contributed by atoms with E-state index in [0.717, 1.165) is 5.56 Å². The highest BCUT2D eigenvalue weighted by Gasteiger charge is 2.17. The summed E-state index contributed by atoms with van der Waals surface area (Å²) < 4.78 is 4.63. The largest absolute Gasteiger partial charge is 0.480 e. The molecular formula is C9H12N2O4S. The molecule has 0 aromatic carbocycles. The van der Waals surface area contributed by atoms with E-state index >= 15 is 0 Å². The van der Waals surface area contributed by atoms with Gasteiger partial charge in [0.25, 0.3) is 0 Å². The highest BCUT2D eigenvalue weighted by atomic mass is 32.2. The van der Waals surface area contributed by atoms with Crippen molar-refractivity contribution in [2.75, 3.05) is 5.75 Å². The van der Waals surface area contributed by atoms with Crippen LogP contribution >= 0.6 is 11.8 Å². The van der Waals surface area contributed by atoms with Gasteiger partial charge in [-0.25, -0.2) is 4.79 Å². The van der Waals surface area contributed by atoms with Crippen LogP contribution in [-0.2, 0) is 15.3 Å². The maximum atomic E-state index is 10.8. The Hall–Kier alpha value is -1.50. The molecule has 2 N–H and O–H groups in total. The molecule has 0 aliphatic carbocycles. The number of hydrogen-bond acceptors (Lipinski definition) is 5. The molecule has 1 aromatic heterocycles. The molecule has 1 heterocycles. The highest BCUT2D eigenvalue weighted by molar-refractivity contribution is 7.98. The highest BCUT2D eigenvalue weighted by Crippen LogP contribution is 2.12. The number of carboxylic acid groups (broad SMARTS) is 1. The average Bonchev–Trinajstić information content (AvgIpc) is 2.68. The van der Waals surface area contributed by atoms with Crippen molar-refractivity contribution >= 4 is 23.6 Å². The Morgan fingerprint density at radius 1 is 1.69 bits per heavy atom. The number of thioether (sulfide) groups is 1. The lowest BCUT2D eigenvalue weighted by Gasteiger charge is -2.11. The zero-order valence-corrected chi connectivity index (χ0v) is 9.49. The first-order chi connectivity index (χ1) is 7.59. The van der Waals surface area contributed by atoms with Gasteiger partial charge in [0.1, 0.15) is 12.3 Å². The van der Waals surface area contributed by atoms with E-state index in [9.17, 15) is 9.59 Å². The Bertz CT molecular complexity index is 352. The van der Waals surface area contributed by atoms with Crippen molar-refractivity contribution in [1.82, 2.24) is 10.5 Å². The summed E-state index contributed by atoms with van der Waals surface area (Å²) in [5.74, 6) is -0.474. The number of amides is 1. The molecule has 0 bridgehead atoms. The topological polar surface area (TPSA) is 92.4 Å². The van der Waals surface area contributed by atoms with Crippen molar-refractivity contribution in [3.05, 3.63) is 18.0 Å². The van der Waals surface area contributed by atoms with Crippen molar-refractivity contribution in [2.24, 2.45) is 0 Å². The van der Waals surface area contributed by atoms with E-state index in [4.69, 9.17) is 5.11 Å². The molecule has 0 spiro atoms. The molecule has 1 unspecified atom stereocenters. The summed E-state index contributed by atoms with van der Waals surface area (Å²) in [7, 11) is 0. The minimum absolute atomic E-state index is 0.306. The number of aliphatic carboxylic acids is 1. The molecule has 0 saturated carbocycles. The van der Waals surface area contributed by atoms with Gasteiger partial charge < -0.3 is 14.9 Å². The van der Waals surface area contributed by atoms with E-state index in [1.54, 1.807) is 6.20 Å². The van der Waals surface area contributed by atoms with Crippen molar-refractivity contribution in [2.45, 2.75) is 18.7 Å². The van der Waals surface area contributed by atoms with E-state index in [0.29, 0.717) is 11.5 Å². The molecule has 7 heteroatoms. The number of carboxylic acids is 1. The second-order valence-corrected chi connectivity index (χ2v) is 4.17. The second kappa shape index (κ2) is 6.16. The van der Waals surface area contributed by atoms with Gasteiger partial charge in [-0.3, -0.25) is 4.79 Å². The predicted molar refractivity (Wildman–Crippen MR) is 57.9 cm³/mol. The van der Waals surface area contributed by atoms with Gasteiger partial charge in [-0.2, -0.15) is 11.8 Å². The van der Waals surface area contributed by atoms with Crippen LogP contribution in [0.25, 0.3) is 0 Å². The Morgan fingerprint density at radius 2 is 2.44 bits per heavy atom. The lowest BCUT2D eigenvalue weighted by Crippen LogP contribution is -2.41. The number of nitrogens with zero attached hydrogens (tertiary/aromatic N) is 1. The fourth-order valence-electron chi connectivity index (χ4n) is 1.01. The molecule has 0 radical (unpaired) electrons. The van der Waals surface area contributed by atoms with Gasteiger partial charge in [-0.05, 0) is 0 Å². The summed E-state index contributed by atoms with van der Waals surface area (Å²) in [6.07, 6.45) is 3.07. The summed E-state index contributed by atoms with van der Waals surface area (Å²) in [6, 6.07) is -0.859. The molecule has 0 aliphatic heterocycles. The SMILES string of the molecule is CC(=O)NC(CSCc1cnoc1)C(=O)O. The fourth-order valence-corrected chi connectivity index (χ4v) is 1.97. The Kier molecular flexibility index (Phi) is 4.84. The van der Waals surface area contributed by atoms with E-state index in [-0.39, 0.29) is 5.91 Å². The van der Waals surface area contributed by atoms with E-state index in [2.05, 4.69) is 15.0 Å². The minimum Gasteiger partial charge on any atom is -0.480 e. The van der Waals surface area contributed by atoms with Crippen molar-refractivity contribution in [1.29, 1.82) is 0 Å². The molecular weight excluding hydrogens is 232 g/mol. The van der Waals surface area contributed by atoms with Gasteiger partial charge in [0, 0.05) is 24.0 Å². The molecule has 16 heavy (non-hydrogen) atoms. The number of hydrogen-bond donors (Lipinski definition) is 2. The first kappa shape index (κ1) is 12.6. The smallest absolute Gasteiger partial charge is 0.327 e. The van der Waals surface area contributed by atoms with E-state index in [1.807, 2.05) is 0 Å². The average molecular weight is 244 g/mol. The fraction of sp³-hybridized carbons (Fsp3) is 0.444. The number of rotatable bonds is 6. The summed E-state index contributed by atoms with van der Waals surface area (Å²) in [6.45, 7) is 1.29. The molecule has 0 fully saturated rings. The number of carbonyl (C=O) groups excluding carboxylic acids is 1. The first-order valence-corrected chi connectivity index (χ1v) is 5.71. The first-order valence-electron chi connectivity index (χ1n) is 4.55. The van der Waals surface area contributed by atoms with Crippen LogP contribution in [0.2, 0.25) is 0 Å². The summed E-state index contributed by atoms with van der Waals surface area (Å²) >= 11 is 1.39. The Balaban J connectivity index is 2.32. The molecule has 1 amide bonds. The monoisotopic (exact) mass is 244 g/mol. The minimum atomic E-state index is -1.03. The molecule has 0 saturated heterocycles. The Morgan fingerprint density at radius 3 is 2.94 bits per heavy atom. The maximum Gasteiger partial charge on any atom is 0.327 e. The molecule has 88 valence electrons. The third kappa shape index (κ3) is 4.35. The predicted octanol–water partition coefficient (Wildman–Crippen LogP) is 0.497. The van der Waals surface area contributed by atoms with Crippen LogP contribution in [0.5, 0.6) is 0 Å². The van der Waals surface area contributed by atoms with Gasteiger partial charge in [-0.15, -0.1) is 0 Å². The van der Waals surface area contributed by atoms with E-state index in [1.165, 1.54) is 24.9 Å². The van der Waals surface area contributed by atoms with Crippen molar-refractivity contribution in [3.63, 3.8) is 0 Å². The van der Waals surface area contributed by atoms with Crippen LogP contribution in [0, 0.1) is 0 Å². The Labute approximate surface area is 96.4 Å². The number of carbonyl (C=O) groups is 2. The zero-order valence-electron chi connectivity index (χ0n) is 8.67. The number of nitrogens with one attached hydrogen (secondary N) is 1. The van der Waals surface area contributed by atoms with Gasteiger partial charge in [-0.1, -0.05) is 5.16 Å². The van der Waals surface area contributed by atoms with Crippen LogP contribution in [-0.4, -0.2) is 33.9 Å². The van der Waals surface area contributed by atoms with Gasteiger partial charge >= 0.3 is 5.97 Å². The number of aromatic nitrogens is 1. The van der Waals surface area contributed by atoms with Crippen LogP contribution in [0.1, 0.15) is 12.5 Å². The van der Waals surface area contributed by atoms with Gasteiger partial charge in [0.15, 0.2) is 0 Å². The van der Waals surface area contributed by atoms with Crippen LogP contribution in [0.4, 0.5) is 0 Å². The lowest BCUT2D eigenvalue weighted by atomic mass is 10.3. The van der Waals surface area contributed by atoms with Crippen LogP contribution < -0.4 is 5.32 Å². The standard InChI is InChI=1S/C9H12N2O4S/c1-6(12)11-8(9(13)14)5-16-4-7-2-10-15-3-7/h2-3,8H,4-5H2,1H3,(H,11,12)(H,13,14). The lowest BCUT2D eigenvalue weighted by molar-refractivity contribution is -0.140. The maximum absolute atomic E-state index is 10.8. The van der Waals surface area contributed by atoms with Gasteiger partial charge in [0.2, 0.25) is 5.91 Å². The molecule has 6 nitrogen and oxygen atoms in total. The van der Waals surface area contributed by atoms with Crippen molar-refractivity contribution < 1.29 is 19.2 Å². The van der Waals surface area contributed by atoms with Crippen molar-refractivity contribution in [3.8, 4) is 0 Å². The normalized spacial score (nSPS) is 12.1.